The molecule has 0 aliphatic rings. The van der Waals surface area contributed by atoms with Gasteiger partial charge in [0, 0.05) is 17.5 Å². The van der Waals surface area contributed by atoms with Gasteiger partial charge < -0.3 is 14.0 Å². The quantitative estimate of drug-likeness (QED) is 0.613. The van der Waals surface area contributed by atoms with E-state index in [0.717, 1.165) is 23.7 Å². The summed E-state index contributed by atoms with van der Waals surface area (Å²) in [5.41, 5.74) is 0.344. The maximum absolute atomic E-state index is 12.5. The predicted octanol–water partition coefficient (Wildman–Crippen LogP) is 1.54. The number of aromatic nitrogens is 2. The van der Waals surface area contributed by atoms with E-state index >= 15 is 0 Å². The van der Waals surface area contributed by atoms with Gasteiger partial charge in [-0.25, -0.2) is 4.98 Å². The molecule has 27 heavy (non-hydrogen) atoms. The molecule has 0 atom stereocenters. The molecule has 146 valence electrons. The molecule has 10 nitrogen and oxygen atoms in total. The largest absolute Gasteiger partial charge is 0.481 e. The van der Waals surface area contributed by atoms with Crippen LogP contribution in [0.15, 0.2) is 17.5 Å². The lowest BCUT2D eigenvalue weighted by atomic mass is 10.2. The summed E-state index contributed by atoms with van der Waals surface area (Å²) in [5.74, 6) is -1.94. The Morgan fingerprint density at radius 1 is 1.26 bits per heavy atom. The molecular weight excluding hydrogens is 398 g/mol. The van der Waals surface area contributed by atoms with Gasteiger partial charge in [0.25, 0.3) is 5.91 Å². The number of anilines is 1. The Labute approximate surface area is 159 Å². The summed E-state index contributed by atoms with van der Waals surface area (Å²) in [6.07, 6.45) is 0.323. The topological polar surface area (TPSA) is 145 Å². The van der Waals surface area contributed by atoms with Crippen molar-refractivity contribution < 1.29 is 32.0 Å². The van der Waals surface area contributed by atoms with Crippen LogP contribution in [0.4, 0.5) is 5.13 Å². The van der Waals surface area contributed by atoms with Crippen LogP contribution in [0.2, 0.25) is 0 Å². The van der Waals surface area contributed by atoms with Gasteiger partial charge in [0.1, 0.15) is 0 Å². The van der Waals surface area contributed by atoms with Crippen molar-refractivity contribution in [1.29, 1.82) is 0 Å². The maximum atomic E-state index is 12.5. The molecule has 1 amide bonds. The summed E-state index contributed by atoms with van der Waals surface area (Å²) in [4.78, 5) is 31.0. The van der Waals surface area contributed by atoms with Crippen LogP contribution in [0.5, 0.6) is 11.8 Å². The number of carbonyl (C=O) groups is 2. The third-order valence-electron chi connectivity index (χ3n) is 2.74. The molecule has 0 fully saturated rings. The second-order valence-electron chi connectivity index (χ2n) is 5.65. The van der Waals surface area contributed by atoms with Crippen LogP contribution in [0.25, 0.3) is 0 Å². The van der Waals surface area contributed by atoms with Crippen LogP contribution in [0, 0.1) is 0 Å². The third kappa shape index (κ3) is 6.83. The fourth-order valence-electron chi connectivity index (χ4n) is 1.88. The summed E-state index contributed by atoms with van der Waals surface area (Å²) in [6, 6.07) is 2.48. The molecule has 0 aliphatic carbocycles. The van der Waals surface area contributed by atoms with Gasteiger partial charge in [-0.05, 0) is 13.8 Å². The van der Waals surface area contributed by atoms with Crippen molar-refractivity contribution in [3.05, 3.63) is 28.8 Å². The summed E-state index contributed by atoms with van der Waals surface area (Å²) in [5, 5.41) is 13.0. The van der Waals surface area contributed by atoms with Gasteiger partial charge >= 0.3 is 16.1 Å². The predicted molar refractivity (Wildman–Crippen MR) is 96.9 cm³/mol. The number of amides is 1. The number of hydrogen-bond donors (Lipinski definition) is 2. The van der Waals surface area contributed by atoms with Crippen LogP contribution in [-0.2, 0) is 21.3 Å². The lowest BCUT2D eigenvalue weighted by Gasteiger charge is -2.12. The fraction of sp³-hybridized carbons (Fsp3) is 0.333. The van der Waals surface area contributed by atoms with Gasteiger partial charge in [-0.2, -0.15) is 13.4 Å². The maximum Gasteiger partial charge on any atom is 0.309 e. The summed E-state index contributed by atoms with van der Waals surface area (Å²) in [6.45, 7) is 3.48. The molecule has 0 unspecified atom stereocenters. The van der Waals surface area contributed by atoms with Crippen molar-refractivity contribution in [3.8, 4) is 11.8 Å². The molecule has 0 aromatic carbocycles. The van der Waals surface area contributed by atoms with Gasteiger partial charge in [-0.3, -0.25) is 14.9 Å². The minimum absolute atomic E-state index is 0.0157. The highest BCUT2D eigenvalue weighted by atomic mass is 32.2. The van der Waals surface area contributed by atoms with Gasteiger partial charge in [0.2, 0.25) is 11.8 Å². The molecule has 2 aromatic rings. The average Bonchev–Trinajstić information content (AvgIpc) is 2.90. The number of hydrogen-bond acceptors (Lipinski definition) is 9. The van der Waals surface area contributed by atoms with Crippen molar-refractivity contribution in [2.75, 3.05) is 11.6 Å². The minimum atomic E-state index is -3.85. The van der Waals surface area contributed by atoms with Crippen LogP contribution in [0.3, 0.4) is 0 Å². The molecule has 2 aromatic heterocycles. The Morgan fingerprint density at radius 3 is 2.52 bits per heavy atom. The highest BCUT2D eigenvalue weighted by molar-refractivity contribution is 7.86. The molecule has 0 spiro atoms. The number of ether oxygens (including phenoxy) is 1. The summed E-state index contributed by atoms with van der Waals surface area (Å²) < 4.78 is 32.8. The molecule has 2 heterocycles. The van der Waals surface area contributed by atoms with Crippen LogP contribution in [-0.4, -0.2) is 47.7 Å². The van der Waals surface area contributed by atoms with Gasteiger partial charge in [0.15, 0.2) is 5.13 Å². The van der Waals surface area contributed by atoms with Crippen molar-refractivity contribution in [2.45, 2.75) is 26.4 Å². The van der Waals surface area contributed by atoms with Crippen molar-refractivity contribution in [2.24, 2.45) is 0 Å². The van der Waals surface area contributed by atoms with E-state index in [-0.39, 0.29) is 35.0 Å². The lowest BCUT2D eigenvalue weighted by molar-refractivity contribution is -0.136. The monoisotopic (exact) mass is 415 g/mol. The smallest absolute Gasteiger partial charge is 0.309 e. The third-order valence-corrected chi connectivity index (χ3v) is 4.02. The number of carboxylic acids is 1. The summed E-state index contributed by atoms with van der Waals surface area (Å²) >= 11 is 1.06. The minimum Gasteiger partial charge on any atom is -0.481 e. The van der Waals surface area contributed by atoms with Gasteiger partial charge in [-0.15, -0.1) is 11.3 Å². The molecule has 0 bridgehead atoms. The molecule has 0 radical (unpaired) electrons. The second kappa shape index (κ2) is 8.31. The Morgan fingerprint density at radius 2 is 1.93 bits per heavy atom. The van der Waals surface area contributed by atoms with Crippen LogP contribution < -0.4 is 14.2 Å². The number of thiazole rings is 1. The number of nitrogens with zero attached hydrogens (tertiary/aromatic N) is 2. The van der Waals surface area contributed by atoms with Gasteiger partial charge in [0.05, 0.1) is 30.0 Å². The molecule has 0 saturated carbocycles. The van der Waals surface area contributed by atoms with Crippen molar-refractivity contribution in [1.82, 2.24) is 9.97 Å². The zero-order valence-electron chi connectivity index (χ0n) is 14.6. The first-order valence-corrected chi connectivity index (χ1v) is 10.3. The second-order valence-corrected chi connectivity index (χ2v) is 8.09. The van der Waals surface area contributed by atoms with Crippen molar-refractivity contribution in [3.63, 3.8) is 0 Å². The Balaban J connectivity index is 2.26. The molecule has 12 heteroatoms. The standard InChI is InChI=1S/C15H17N3O7S2/c1-8(2)24-11-4-9(5-12(17-11)25-27(3,22)23)14(21)18-15-16-10(7-26-15)6-13(19)20/h4-5,7-8H,6H2,1-3H3,(H,19,20)(H,16,18,21). The van der Waals surface area contributed by atoms with E-state index in [1.807, 2.05) is 0 Å². The van der Waals surface area contributed by atoms with E-state index < -0.39 is 22.0 Å². The number of pyridine rings is 1. The normalized spacial score (nSPS) is 11.3. The van der Waals surface area contributed by atoms with E-state index in [1.165, 1.54) is 11.4 Å². The van der Waals surface area contributed by atoms with Gasteiger partial charge in [-0.1, -0.05) is 0 Å². The fourth-order valence-corrected chi connectivity index (χ4v) is 2.98. The molecule has 0 aliphatic heterocycles. The SMILES string of the molecule is CC(C)Oc1cc(C(=O)Nc2nc(CC(=O)O)cs2)cc(OS(C)(=O)=O)n1. The molecular formula is C15H17N3O7S2. The zero-order chi connectivity index (χ0) is 20.2. The van der Waals surface area contributed by atoms with E-state index in [1.54, 1.807) is 13.8 Å². The highest BCUT2D eigenvalue weighted by Crippen LogP contribution is 2.22. The van der Waals surface area contributed by atoms with E-state index in [0.29, 0.717) is 5.69 Å². The molecule has 2 N–H and O–H groups in total. The number of aliphatic carboxylic acids is 1. The summed E-state index contributed by atoms with van der Waals surface area (Å²) in [7, 11) is -3.85. The number of rotatable bonds is 8. The zero-order valence-corrected chi connectivity index (χ0v) is 16.3. The van der Waals surface area contributed by atoms with E-state index in [2.05, 4.69) is 15.3 Å². The number of carbonyl (C=O) groups excluding carboxylic acids is 1. The molecule has 0 saturated heterocycles. The van der Waals surface area contributed by atoms with Crippen LogP contribution in [0.1, 0.15) is 29.9 Å². The number of nitrogens with one attached hydrogen (secondary N) is 1. The highest BCUT2D eigenvalue weighted by Gasteiger charge is 2.17. The first kappa shape index (κ1) is 20.6. The first-order valence-electron chi connectivity index (χ1n) is 7.57. The average molecular weight is 415 g/mol. The first-order chi connectivity index (χ1) is 12.5. The van der Waals surface area contributed by atoms with E-state index in [4.69, 9.17) is 14.0 Å². The molecule has 2 rings (SSSR count). The Kier molecular flexibility index (Phi) is 6.33. The van der Waals surface area contributed by atoms with Crippen LogP contribution >= 0.6 is 11.3 Å². The lowest BCUT2D eigenvalue weighted by Crippen LogP contribution is -2.15. The Hall–Kier alpha value is -2.73. The van der Waals surface area contributed by atoms with Crippen molar-refractivity contribution >= 4 is 38.5 Å². The number of carboxylic acid groups (broad SMARTS) is 1. The van der Waals surface area contributed by atoms with E-state index in [9.17, 15) is 18.0 Å². The Bertz CT molecular complexity index is 954.